The third-order valence-electron chi connectivity index (χ3n) is 4.41. The summed E-state index contributed by atoms with van der Waals surface area (Å²) in [6.07, 6.45) is 1.54. The number of benzene rings is 1. The average molecular weight is 331 g/mol. The summed E-state index contributed by atoms with van der Waals surface area (Å²) in [6.45, 7) is 6.55. The molecule has 6 nitrogen and oxygen atoms in total. The highest BCUT2D eigenvalue weighted by molar-refractivity contribution is 5.76. The van der Waals surface area contributed by atoms with E-state index in [4.69, 9.17) is 4.74 Å². The number of imidazole rings is 1. The van der Waals surface area contributed by atoms with Gasteiger partial charge in [-0.1, -0.05) is 6.07 Å². The minimum absolute atomic E-state index is 0.120. The summed E-state index contributed by atoms with van der Waals surface area (Å²) in [4.78, 5) is 18.3. The van der Waals surface area contributed by atoms with E-state index >= 15 is 0 Å². The summed E-state index contributed by atoms with van der Waals surface area (Å²) in [7, 11) is 1.95. The van der Waals surface area contributed by atoms with Crippen LogP contribution in [-0.4, -0.2) is 50.4 Å². The molecule has 1 aliphatic rings. The SMILES string of the molecule is Cn1cnc2ccc(C3CN(C(=O)OC(C)(C)C)CCC3O)cc21. The Balaban J connectivity index is 1.82. The van der Waals surface area contributed by atoms with E-state index in [9.17, 15) is 9.90 Å². The largest absolute Gasteiger partial charge is 0.444 e. The number of carbonyl (C=O) groups is 1. The molecule has 0 radical (unpaired) electrons. The number of aryl methyl sites for hydroxylation is 1. The summed E-state index contributed by atoms with van der Waals surface area (Å²) in [5.74, 6) is -0.120. The van der Waals surface area contributed by atoms with E-state index in [1.807, 2.05) is 44.5 Å². The maximum atomic E-state index is 12.3. The van der Waals surface area contributed by atoms with Crippen LogP contribution in [0.1, 0.15) is 38.7 Å². The molecule has 6 heteroatoms. The van der Waals surface area contributed by atoms with Crippen LogP contribution in [0.3, 0.4) is 0 Å². The second-order valence-corrected chi connectivity index (χ2v) is 7.49. The van der Waals surface area contributed by atoms with Crippen molar-refractivity contribution in [2.75, 3.05) is 13.1 Å². The van der Waals surface area contributed by atoms with E-state index in [2.05, 4.69) is 11.1 Å². The van der Waals surface area contributed by atoms with Gasteiger partial charge in [0.1, 0.15) is 5.60 Å². The van der Waals surface area contributed by atoms with Crippen molar-refractivity contribution in [1.29, 1.82) is 0 Å². The number of piperidine rings is 1. The maximum absolute atomic E-state index is 12.3. The molecule has 1 aromatic carbocycles. The first kappa shape index (κ1) is 16.8. The minimum Gasteiger partial charge on any atom is -0.444 e. The fourth-order valence-electron chi connectivity index (χ4n) is 3.13. The number of aliphatic hydroxyl groups is 1. The monoisotopic (exact) mass is 331 g/mol. The Morgan fingerprint density at radius 2 is 2.12 bits per heavy atom. The van der Waals surface area contributed by atoms with Crippen LogP contribution >= 0.6 is 0 Å². The molecule has 1 aliphatic heterocycles. The van der Waals surface area contributed by atoms with Crippen molar-refractivity contribution < 1.29 is 14.6 Å². The predicted octanol–water partition coefficient (Wildman–Crippen LogP) is 2.66. The summed E-state index contributed by atoms with van der Waals surface area (Å²) in [6, 6.07) is 6.00. The van der Waals surface area contributed by atoms with Crippen molar-refractivity contribution >= 4 is 17.1 Å². The lowest BCUT2D eigenvalue weighted by Gasteiger charge is -2.37. The topological polar surface area (TPSA) is 67.6 Å². The van der Waals surface area contributed by atoms with Crippen molar-refractivity contribution in [3.63, 3.8) is 0 Å². The molecule has 0 aliphatic carbocycles. The lowest BCUT2D eigenvalue weighted by molar-refractivity contribution is 0.00408. The van der Waals surface area contributed by atoms with Crippen LogP contribution in [0.2, 0.25) is 0 Å². The molecule has 0 saturated carbocycles. The lowest BCUT2D eigenvalue weighted by atomic mass is 9.88. The van der Waals surface area contributed by atoms with Gasteiger partial charge in [-0.3, -0.25) is 0 Å². The summed E-state index contributed by atoms with van der Waals surface area (Å²) in [5.41, 5.74) is 2.45. The fourth-order valence-corrected chi connectivity index (χ4v) is 3.13. The second-order valence-electron chi connectivity index (χ2n) is 7.49. The number of nitrogens with zero attached hydrogens (tertiary/aromatic N) is 3. The van der Waals surface area contributed by atoms with Gasteiger partial charge < -0.3 is 19.3 Å². The number of rotatable bonds is 1. The molecular formula is C18H25N3O3. The molecule has 1 amide bonds. The van der Waals surface area contributed by atoms with Gasteiger partial charge in [0.05, 0.1) is 23.5 Å². The summed E-state index contributed by atoms with van der Waals surface area (Å²) >= 11 is 0. The van der Waals surface area contributed by atoms with Gasteiger partial charge in [0.25, 0.3) is 0 Å². The van der Waals surface area contributed by atoms with Crippen LogP contribution in [0.4, 0.5) is 4.79 Å². The van der Waals surface area contributed by atoms with Gasteiger partial charge in [0, 0.05) is 26.1 Å². The molecule has 1 fully saturated rings. The quantitative estimate of drug-likeness (QED) is 0.872. The number of hydrogen-bond donors (Lipinski definition) is 1. The molecule has 24 heavy (non-hydrogen) atoms. The van der Waals surface area contributed by atoms with E-state index in [1.54, 1.807) is 11.2 Å². The molecule has 1 aromatic heterocycles. The van der Waals surface area contributed by atoms with Crippen LogP contribution < -0.4 is 0 Å². The highest BCUT2D eigenvalue weighted by Crippen LogP contribution is 2.30. The van der Waals surface area contributed by atoms with Crippen molar-refractivity contribution in [3.05, 3.63) is 30.1 Å². The van der Waals surface area contributed by atoms with E-state index in [0.717, 1.165) is 16.6 Å². The first-order valence-electron chi connectivity index (χ1n) is 8.31. The van der Waals surface area contributed by atoms with Gasteiger partial charge in [-0.2, -0.15) is 0 Å². The van der Waals surface area contributed by atoms with E-state index in [0.29, 0.717) is 19.5 Å². The Labute approximate surface area is 142 Å². The second kappa shape index (κ2) is 6.09. The first-order chi connectivity index (χ1) is 11.2. The normalized spacial score (nSPS) is 22.0. The molecular weight excluding hydrogens is 306 g/mol. The maximum Gasteiger partial charge on any atom is 0.410 e. The fraction of sp³-hybridized carbons (Fsp3) is 0.556. The smallest absolute Gasteiger partial charge is 0.410 e. The minimum atomic E-state index is -0.518. The Hall–Kier alpha value is -2.08. The third kappa shape index (κ3) is 3.38. The molecule has 0 spiro atoms. The Morgan fingerprint density at radius 1 is 1.38 bits per heavy atom. The number of ether oxygens (including phenoxy) is 1. The van der Waals surface area contributed by atoms with Crippen LogP contribution in [0.15, 0.2) is 24.5 Å². The third-order valence-corrected chi connectivity index (χ3v) is 4.41. The van der Waals surface area contributed by atoms with Gasteiger partial charge in [0.15, 0.2) is 0 Å². The van der Waals surface area contributed by atoms with Crippen LogP contribution in [0.5, 0.6) is 0 Å². The number of aliphatic hydroxyl groups excluding tert-OH is 1. The molecule has 2 aromatic rings. The van der Waals surface area contributed by atoms with Crippen LogP contribution in [-0.2, 0) is 11.8 Å². The van der Waals surface area contributed by atoms with E-state index in [1.165, 1.54) is 0 Å². The molecule has 2 atom stereocenters. The molecule has 1 saturated heterocycles. The van der Waals surface area contributed by atoms with Crippen molar-refractivity contribution in [2.45, 2.75) is 44.8 Å². The molecule has 2 unspecified atom stereocenters. The average Bonchev–Trinajstić information content (AvgIpc) is 2.87. The number of aromatic nitrogens is 2. The van der Waals surface area contributed by atoms with E-state index < -0.39 is 11.7 Å². The van der Waals surface area contributed by atoms with Gasteiger partial charge in [0.2, 0.25) is 0 Å². The molecule has 130 valence electrons. The Bertz CT molecular complexity index is 748. The lowest BCUT2D eigenvalue weighted by Crippen LogP contribution is -2.46. The number of amides is 1. The zero-order valence-electron chi connectivity index (χ0n) is 14.7. The van der Waals surface area contributed by atoms with E-state index in [-0.39, 0.29) is 12.0 Å². The number of likely N-dealkylation sites (tertiary alicyclic amines) is 1. The van der Waals surface area contributed by atoms with Gasteiger partial charge in [-0.05, 0) is 44.9 Å². The van der Waals surface area contributed by atoms with Gasteiger partial charge >= 0.3 is 6.09 Å². The summed E-state index contributed by atoms with van der Waals surface area (Å²) in [5, 5.41) is 10.4. The van der Waals surface area contributed by atoms with Crippen LogP contribution in [0.25, 0.3) is 11.0 Å². The molecule has 3 rings (SSSR count). The summed E-state index contributed by atoms with van der Waals surface area (Å²) < 4.78 is 7.42. The number of fused-ring (bicyclic) bond motifs is 1. The molecule has 1 N–H and O–H groups in total. The number of hydrogen-bond acceptors (Lipinski definition) is 4. The highest BCUT2D eigenvalue weighted by Gasteiger charge is 2.33. The highest BCUT2D eigenvalue weighted by atomic mass is 16.6. The van der Waals surface area contributed by atoms with Crippen molar-refractivity contribution in [2.24, 2.45) is 7.05 Å². The van der Waals surface area contributed by atoms with Crippen molar-refractivity contribution in [1.82, 2.24) is 14.5 Å². The Morgan fingerprint density at radius 3 is 2.83 bits per heavy atom. The zero-order valence-corrected chi connectivity index (χ0v) is 14.7. The van der Waals surface area contributed by atoms with Crippen molar-refractivity contribution in [3.8, 4) is 0 Å². The molecule has 2 heterocycles. The standard InChI is InChI=1S/C18H25N3O3/c1-18(2,3)24-17(23)21-8-7-16(22)13(10-21)12-5-6-14-15(9-12)20(4)11-19-14/h5-6,9,11,13,16,22H,7-8,10H2,1-4H3. The Kier molecular flexibility index (Phi) is 4.25. The first-order valence-corrected chi connectivity index (χ1v) is 8.31. The van der Waals surface area contributed by atoms with Gasteiger partial charge in [-0.15, -0.1) is 0 Å². The van der Waals surface area contributed by atoms with Gasteiger partial charge in [-0.25, -0.2) is 9.78 Å². The number of carbonyl (C=O) groups excluding carboxylic acids is 1. The van der Waals surface area contributed by atoms with Crippen LogP contribution in [0, 0.1) is 0 Å². The zero-order chi connectivity index (χ0) is 17.5. The predicted molar refractivity (Wildman–Crippen MR) is 91.9 cm³/mol. The molecule has 0 bridgehead atoms.